The van der Waals surface area contributed by atoms with Crippen LogP contribution in [-0.4, -0.2) is 29.4 Å². The lowest BCUT2D eigenvalue weighted by molar-refractivity contribution is -0.133. The summed E-state index contributed by atoms with van der Waals surface area (Å²) >= 11 is 0. The second-order valence-electron chi connectivity index (χ2n) is 8.72. The van der Waals surface area contributed by atoms with Crippen LogP contribution in [0.5, 0.6) is 5.75 Å². The minimum atomic E-state index is -0.666. The summed E-state index contributed by atoms with van der Waals surface area (Å²) in [6.45, 7) is 4.75. The molecule has 4 rings (SSSR count). The lowest BCUT2D eigenvalue weighted by Gasteiger charge is -2.38. The van der Waals surface area contributed by atoms with Gasteiger partial charge in [-0.1, -0.05) is 62.4 Å². The van der Waals surface area contributed by atoms with E-state index in [1.165, 1.54) is 17.7 Å². The SMILES string of the molecule is CCC(=O)N1CCc2ccc(O[C@@H](CC)C(=O)NCc3ccc(F)cc3)cc2[C@@H]1c1ccccc1. The topological polar surface area (TPSA) is 58.6 Å². The Balaban J connectivity index is 1.54. The van der Waals surface area contributed by atoms with Gasteiger partial charge in [-0.2, -0.15) is 0 Å². The average molecular weight is 475 g/mol. The zero-order valence-electron chi connectivity index (χ0n) is 20.2. The maximum Gasteiger partial charge on any atom is 0.261 e. The number of rotatable bonds is 8. The summed E-state index contributed by atoms with van der Waals surface area (Å²) in [6.07, 6.45) is 1.05. The molecule has 2 atom stereocenters. The predicted molar refractivity (Wildman–Crippen MR) is 133 cm³/mol. The fourth-order valence-electron chi connectivity index (χ4n) is 4.52. The van der Waals surface area contributed by atoms with Crippen molar-refractivity contribution >= 4 is 11.8 Å². The quantitative estimate of drug-likeness (QED) is 0.489. The van der Waals surface area contributed by atoms with Crippen LogP contribution in [0.4, 0.5) is 4.39 Å². The first-order valence-electron chi connectivity index (χ1n) is 12.2. The molecule has 0 spiro atoms. The molecular formula is C29H31FN2O3. The largest absolute Gasteiger partial charge is 0.481 e. The maximum absolute atomic E-state index is 13.1. The minimum absolute atomic E-state index is 0.113. The van der Waals surface area contributed by atoms with Crippen LogP contribution >= 0.6 is 0 Å². The molecule has 1 aliphatic heterocycles. The number of carbonyl (C=O) groups is 2. The van der Waals surface area contributed by atoms with E-state index in [9.17, 15) is 14.0 Å². The summed E-state index contributed by atoms with van der Waals surface area (Å²) in [4.78, 5) is 27.5. The molecule has 0 bridgehead atoms. The lowest BCUT2D eigenvalue weighted by Crippen LogP contribution is -2.40. The number of carbonyl (C=O) groups excluding carboxylic acids is 2. The van der Waals surface area contributed by atoms with Gasteiger partial charge in [0.15, 0.2) is 6.10 Å². The molecule has 0 saturated heterocycles. The van der Waals surface area contributed by atoms with Crippen molar-refractivity contribution in [2.24, 2.45) is 0 Å². The third kappa shape index (κ3) is 5.70. The van der Waals surface area contributed by atoms with Crippen LogP contribution in [0.2, 0.25) is 0 Å². The first-order valence-corrected chi connectivity index (χ1v) is 12.2. The van der Waals surface area contributed by atoms with E-state index in [0.717, 1.165) is 23.1 Å². The van der Waals surface area contributed by atoms with Gasteiger partial charge in [0.05, 0.1) is 6.04 Å². The second-order valence-corrected chi connectivity index (χ2v) is 8.72. The highest BCUT2D eigenvalue weighted by Gasteiger charge is 2.32. The second kappa shape index (κ2) is 11.2. The Hall–Kier alpha value is -3.67. The van der Waals surface area contributed by atoms with Gasteiger partial charge in [-0.05, 0) is 59.4 Å². The summed E-state index contributed by atoms with van der Waals surface area (Å²) in [6, 6.07) is 21.8. The Morgan fingerprint density at radius 2 is 1.80 bits per heavy atom. The summed E-state index contributed by atoms with van der Waals surface area (Å²) in [5.74, 6) is 0.175. The zero-order chi connectivity index (χ0) is 24.8. The third-order valence-electron chi connectivity index (χ3n) is 6.41. The van der Waals surface area contributed by atoms with Crippen molar-refractivity contribution in [2.45, 2.75) is 51.8 Å². The van der Waals surface area contributed by atoms with Crippen molar-refractivity contribution in [3.63, 3.8) is 0 Å². The smallest absolute Gasteiger partial charge is 0.261 e. The molecule has 5 nitrogen and oxygen atoms in total. The minimum Gasteiger partial charge on any atom is -0.481 e. The van der Waals surface area contributed by atoms with E-state index in [1.54, 1.807) is 12.1 Å². The number of benzene rings is 3. The molecule has 0 saturated carbocycles. The predicted octanol–water partition coefficient (Wildman–Crippen LogP) is 5.18. The van der Waals surface area contributed by atoms with Crippen LogP contribution in [0.1, 0.15) is 55.0 Å². The van der Waals surface area contributed by atoms with Gasteiger partial charge in [-0.15, -0.1) is 0 Å². The molecule has 182 valence electrons. The van der Waals surface area contributed by atoms with E-state index in [1.807, 2.05) is 67.3 Å². The van der Waals surface area contributed by atoms with E-state index in [0.29, 0.717) is 31.7 Å². The molecular weight excluding hydrogens is 443 g/mol. The maximum atomic E-state index is 13.1. The van der Waals surface area contributed by atoms with Crippen LogP contribution in [-0.2, 0) is 22.6 Å². The van der Waals surface area contributed by atoms with E-state index in [-0.39, 0.29) is 23.7 Å². The number of fused-ring (bicyclic) bond motifs is 1. The first kappa shape index (κ1) is 24.5. The van der Waals surface area contributed by atoms with E-state index in [2.05, 4.69) is 5.32 Å². The van der Waals surface area contributed by atoms with Gasteiger partial charge >= 0.3 is 0 Å². The molecule has 35 heavy (non-hydrogen) atoms. The number of ether oxygens (including phenoxy) is 1. The molecule has 1 N–H and O–H groups in total. The fourth-order valence-corrected chi connectivity index (χ4v) is 4.52. The number of halogens is 1. The fraction of sp³-hybridized carbons (Fsp3) is 0.310. The van der Waals surface area contributed by atoms with Crippen molar-refractivity contribution in [3.8, 4) is 5.75 Å². The number of hydrogen-bond acceptors (Lipinski definition) is 3. The van der Waals surface area contributed by atoms with Gasteiger partial charge in [0, 0.05) is 19.5 Å². The van der Waals surface area contributed by atoms with Crippen LogP contribution in [0.3, 0.4) is 0 Å². The van der Waals surface area contributed by atoms with Gasteiger partial charge in [0.2, 0.25) is 5.91 Å². The molecule has 0 unspecified atom stereocenters. The first-order chi connectivity index (χ1) is 17.0. The number of amides is 2. The van der Waals surface area contributed by atoms with Crippen molar-refractivity contribution in [2.75, 3.05) is 6.54 Å². The molecule has 3 aromatic rings. The molecule has 6 heteroatoms. The number of nitrogens with one attached hydrogen (secondary N) is 1. The number of hydrogen-bond donors (Lipinski definition) is 1. The average Bonchev–Trinajstić information content (AvgIpc) is 2.90. The summed E-state index contributed by atoms with van der Waals surface area (Å²) in [7, 11) is 0. The van der Waals surface area contributed by atoms with Gasteiger partial charge in [-0.25, -0.2) is 4.39 Å². The molecule has 0 aliphatic carbocycles. The Morgan fingerprint density at radius 1 is 1.06 bits per heavy atom. The van der Waals surface area contributed by atoms with Gasteiger partial charge < -0.3 is 15.0 Å². The molecule has 2 amide bonds. The molecule has 3 aromatic carbocycles. The Kier molecular flexibility index (Phi) is 7.80. The third-order valence-corrected chi connectivity index (χ3v) is 6.41. The molecule has 0 radical (unpaired) electrons. The van der Waals surface area contributed by atoms with Crippen molar-refractivity contribution in [1.82, 2.24) is 10.2 Å². The molecule has 0 fully saturated rings. The standard InChI is InChI=1S/C29H31FN2O3/c1-3-26(29(34)31-19-20-10-13-23(30)14-11-20)35-24-15-12-21-16-17-32(27(33)4-2)28(25(21)18-24)22-8-6-5-7-9-22/h5-15,18,26,28H,3-4,16-17,19H2,1-2H3,(H,31,34)/t26-,28-/m0/s1. The van der Waals surface area contributed by atoms with Crippen molar-refractivity contribution in [1.29, 1.82) is 0 Å². The van der Waals surface area contributed by atoms with E-state index < -0.39 is 6.10 Å². The summed E-state index contributed by atoms with van der Waals surface area (Å²) in [5, 5.41) is 2.88. The van der Waals surface area contributed by atoms with E-state index in [4.69, 9.17) is 4.74 Å². The Labute approximate surface area is 205 Å². The molecule has 1 aliphatic rings. The highest BCUT2D eigenvalue weighted by molar-refractivity contribution is 5.81. The zero-order valence-corrected chi connectivity index (χ0v) is 20.2. The monoisotopic (exact) mass is 474 g/mol. The van der Waals surface area contributed by atoms with Crippen LogP contribution < -0.4 is 10.1 Å². The highest BCUT2D eigenvalue weighted by atomic mass is 19.1. The van der Waals surface area contributed by atoms with Gasteiger partial charge in [0.25, 0.3) is 5.91 Å². The van der Waals surface area contributed by atoms with Crippen molar-refractivity contribution in [3.05, 3.63) is 101 Å². The summed E-state index contributed by atoms with van der Waals surface area (Å²) < 4.78 is 19.3. The summed E-state index contributed by atoms with van der Waals surface area (Å²) in [5.41, 5.74) is 4.08. The molecule has 0 aromatic heterocycles. The normalized spacial score (nSPS) is 15.7. The van der Waals surface area contributed by atoms with Gasteiger partial charge in [-0.3, -0.25) is 9.59 Å². The van der Waals surface area contributed by atoms with Crippen LogP contribution in [0.15, 0.2) is 72.8 Å². The van der Waals surface area contributed by atoms with Gasteiger partial charge in [0.1, 0.15) is 11.6 Å². The van der Waals surface area contributed by atoms with Crippen LogP contribution in [0, 0.1) is 5.82 Å². The lowest BCUT2D eigenvalue weighted by atomic mass is 9.87. The Morgan fingerprint density at radius 3 is 2.49 bits per heavy atom. The van der Waals surface area contributed by atoms with E-state index >= 15 is 0 Å². The van der Waals surface area contributed by atoms with Crippen LogP contribution in [0.25, 0.3) is 0 Å². The number of nitrogens with zero attached hydrogens (tertiary/aromatic N) is 1. The highest BCUT2D eigenvalue weighted by Crippen LogP contribution is 2.37. The molecule has 1 heterocycles. The Bertz CT molecular complexity index is 1160. The van der Waals surface area contributed by atoms with Crippen molar-refractivity contribution < 1.29 is 18.7 Å².